The first kappa shape index (κ1) is 9.85. The molecule has 0 unspecified atom stereocenters. The normalized spacial score (nSPS) is 10.6. The van der Waals surface area contributed by atoms with Crippen LogP contribution in [0.1, 0.15) is 18.9 Å². The Morgan fingerprint density at radius 2 is 2.23 bits per heavy atom. The topological polar surface area (TPSA) is 9.23 Å². The Kier molecular flexibility index (Phi) is 4.10. The van der Waals surface area contributed by atoms with E-state index < -0.39 is 0 Å². The van der Waals surface area contributed by atoms with E-state index in [1.54, 1.807) is 7.11 Å². The lowest BCUT2D eigenvalue weighted by molar-refractivity contribution is 0.414. The highest BCUT2D eigenvalue weighted by molar-refractivity contribution is 5.28. The van der Waals surface area contributed by atoms with Crippen LogP contribution in [-0.4, -0.2) is 7.11 Å². The third kappa shape index (κ3) is 3.32. The van der Waals surface area contributed by atoms with Crippen molar-refractivity contribution >= 4 is 0 Å². The number of aryl methyl sites for hydroxylation is 1. The second-order valence-electron chi connectivity index (χ2n) is 2.96. The minimum atomic E-state index is 0.943. The largest absolute Gasteiger partial charge is 0.497 e. The van der Waals surface area contributed by atoms with Gasteiger partial charge in [-0.05, 0) is 37.5 Å². The van der Waals surface area contributed by atoms with Gasteiger partial charge in [0, 0.05) is 0 Å². The number of hydrogen-bond donors (Lipinski definition) is 0. The van der Waals surface area contributed by atoms with Crippen LogP contribution < -0.4 is 4.74 Å². The smallest absolute Gasteiger partial charge is 0.119 e. The first-order valence-corrected chi connectivity index (χ1v) is 4.61. The van der Waals surface area contributed by atoms with Gasteiger partial charge in [-0.1, -0.05) is 24.3 Å². The van der Waals surface area contributed by atoms with Crippen LogP contribution in [0.15, 0.2) is 36.4 Å². The van der Waals surface area contributed by atoms with E-state index in [-0.39, 0.29) is 0 Å². The molecule has 0 aliphatic carbocycles. The maximum absolute atomic E-state index is 5.14. The van der Waals surface area contributed by atoms with E-state index in [2.05, 4.69) is 24.3 Å². The maximum atomic E-state index is 5.14. The van der Waals surface area contributed by atoms with Gasteiger partial charge in [-0.3, -0.25) is 0 Å². The van der Waals surface area contributed by atoms with Crippen molar-refractivity contribution in [3.8, 4) is 5.75 Å². The Labute approximate surface area is 80.0 Å². The molecule has 0 fully saturated rings. The van der Waals surface area contributed by atoms with Crippen LogP contribution in [0.3, 0.4) is 0 Å². The lowest BCUT2D eigenvalue weighted by Crippen LogP contribution is -1.86. The molecule has 70 valence electrons. The number of rotatable bonds is 4. The van der Waals surface area contributed by atoms with E-state index in [4.69, 9.17) is 4.74 Å². The molecule has 1 heteroatoms. The lowest BCUT2D eigenvalue weighted by Gasteiger charge is -2.02. The molecule has 0 amide bonds. The van der Waals surface area contributed by atoms with Gasteiger partial charge in [0.2, 0.25) is 0 Å². The molecule has 0 saturated heterocycles. The predicted molar refractivity (Wildman–Crippen MR) is 56.1 cm³/mol. The average molecular weight is 176 g/mol. The monoisotopic (exact) mass is 176 g/mol. The summed E-state index contributed by atoms with van der Waals surface area (Å²) in [5.41, 5.74) is 1.33. The predicted octanol–water partition coefficient (Wildman–Crippen LogP) is 3.20. The van der Waals surface area contributed by atoms with Gasteiger partial charge < -0.3 is 4.74 Å². The Balaban J connectivity index is 2.56. The molecule has 0 aromatic heterocycles. The molecular weight excluding hydrogens is 160 g/mol. The van der Waals surface area contributed by atoms with Gasteiger partial charge in [0.25, 0.3) is 0 Å². The van der Waals surface area contributed by atoms with Gasteiger partial charge >= 0.3 is 0 Å². The van der Waals surface area contributed by atoms with Gasteiger partial charge in [0.15, 0.2) is 0 Å². The second-order valence-corrected chi connectivity index (χ2v) is 2.96. The molecule has 0 atom stereocenters. The van der Waals surface area contributed by atoms with Crippen LogP contribution in [0.5, 0.6) is 5.75 Å². The van der Waals surface area contributed by atoms with Gasteiger partial charge in [-0.15, -0.1) is 0 Å². The van der Waals surface area contributed by atoms with E-state index in [1.165, 1.54) is 5.56 Å². The van der Waals surface area contributed by atoms with Crippen molar-refractivity contribution in [2.24, 2.45) is 0 Å². The van der Waals surface area contributed by atoms with E-state index in [9.17, 15) is 0 Å². The summed E-state index contributed by atoms with van der Waals surface area (Å²) in [7, 11) is 1.70. The molecule has 0 aliphatic heterocycles. The van der Waals surface area contributed by atoms with Crippen LogP contribution in [0, 0.1) is 0 Å². The van der Waals surface area contributed by atoms with E-state index in [0.717, 1.165) is 18.6 Å². The SMILES string of the molecule is C/C=C\CCc1cccc(OC)c1. The van der Waals surface area contributed by atoms with E-state index >= 15 is 0 Å². The number of methoxy groups -OCH3 is 1. The van der Waals surface area contributed by atoms with Crippen molar-refractivity contribution in [2.75, 3.05) is 7.11 Å². The summed E-state index contributed by atoms with van der Waals surface area (Å²) in [6.45, 7) is 2.05. The molecule has 0 N–H and O–H groups in total. The number of hydrogen-bond acceptors (Lipinski definition) is 1. The van der Waals surface area contributed by atoms with Gasteiger partial charge in [0.05, 0.1) is 7.11 Å². The van der Waals surface area contributed by atoms with Crippen molar-refractivity contribution in [1.29, 1.82) is 0 Å². The standard InChI is InChI=1S/C12H16O/c1-3-4-5-7-11-8-6-9-12(10-11)13-2/h3-4,6,8-10H,5,7H2,1-2H3/b4-3-. The average Bonchev–Trinajstić information content (AvgIpc) is 2.19. The minimum absolute atomic E-state index is 0.943. The van der Waals surface area contributed by atoms with Crippen molar-refractivity contribution in [3.05, 3.63) is 42.0 Å². The zero-order valence-corrected chi connectivity index (χ0v) is 8.29. The summed E-state index contributed by atoms with van der Waals surface area (Å²) < 4.78 is 5.14. The van der Waals surface area contributed by atoms with Crippen LogP contribution in [0.25, 0.3) is 0 Å². The first-order valence-electron chi connectivity index (χ1n) is 4.61. The maximum Gasteiger partial charge on any atom is 0.119 e. The number of ether oxygens (including phenoxy) is 1. The molecule has 1 rings (SSSR count). The second kappa shape index (κ2) is 5.41. The highest BCUT2D eigenvalue weighted by atomic mass is 16.5. The lowest BCUT2D eigenvalue weighted by atomic mass is 10.1. The van der Waals surface area contributed by atoms with Crippen LogP contribution in [0.2, 0.25) is 0 Å². The minimum Gasteiger partial charge on any atom is -0.497 e. The summed E-state index contributed by atoms with van der Waals surface area (Å²) in [5.74, 6) is 0.943. The Morgan fingerprint density at radius 1 is 1.38 bits per heavy atom. The molecule has 1 aromatic rings. The fourth-order valence-electron chi connectivity index (χ4n) is 1.24. The molecule has 13 heavy (non-hydrogen) atoms. The van der Waals surface area contributed by atoms with Crippen LogP contribution >= 0.6 is 0 Å². The molecule has 1 nitrogen and oxygen atoms in total. The summed E-state index contributed by atoms with van der Waals surface area (Å²) in [6, 6.07) is 8.22. The molecule has 0 aliphatic rings. The highest BCUT2D eigenvalue weighted by Crippen LogP contribution is 2.13. The van der Waals surface area contributed by atoms with E-state index in [0.29, 0.717) is 0 Å². The zero-order valence-electron chi connectivity index (χ0n) is 8.29. The van der Waals surface area contributed by atoms with E-state index in [1.807, 2.05) is 19.1 Å². The molecule has 0 bridgehead atoms. The highest BCUT2D eigenvalue weighted by Gasteiger charge is 1.93. The fraction of sp³-hybridized carbons (Fsp3) is 0.333. The molecule has 0 radical (unpaired) electrons. The van der Waals surface area contributed by atoms with Crippen LogP contribution in [0.4, 0.5) is 0 Å². The van der Waals surface area contributed by atoms with Crippen molar-refractivity contribution in [2.45, 2.75) is 19.8 Å². The third-order valence-corrected chi connectivity index (χ3v) is 1.97. The van der Waals surface area contributed by atoms with Gasteiger partial charge in [-0.2, -0.15) is 0 Å². The number of allylic oxidation sites excluding steroid dienone is 2. The molecular formula is C12H16O. The molecule has 0 spiro atoms. The summed E-state index contributed by atoms with van der Waals surface area (Å²) in [5, 5.41) is 0. The molecule has 0 heterocycles. The first-order chi connectivity index (χ1) is 6.36. The third-order valence-electron chi connectivity index (χ3n) is 1.97. The van der Waals surface area contributed by atoms with Crippen molar-refractivity contribution < 1.29 is 4.74 Å². The van der Waals surface area contributed by atoms with Crippen molar-refractivity contribution in [1.82, 2.24) is 0 Å². The van der Waals surface area contributed by atoms with Gasteiger partial charge in [-0.25, -0.2) is 0 Å². The van der Waals surface area contributed by atoms with Crippen LogP contribution in [-0.2, 0) is 6.42 Å². The summed E-state index contributed by atoms with van der Waals surface area (Å²) in [4.78, 5) is 0. The molecule has 0 saturated carbocycles. The summed E-state index contributed by atoms with van der Waals surface area (Å²) in [6.07, 6.45) is 6.45. The quantitative estimate of drug-likeness (QED) is 0.640. The van der Waals surface area contributed by atoms with Gasteiger partial charge in [0.1, 0.15) is 5.75 Å². The Hall–Kier alpha value is -1.24. The zero-order chi connectivity index (χ0) is 9.52. The Bertz CT molecular complexity index is 276. The Morgan fingerprint density at radius 3 is 2.92 bits per heavy atom. The fourth-order valence-corrected chi connectivity index (χ4v) is 1.24. The molecule has 1 aromatic carbocycles. The summed E-state index contributed by atoms with van der Waals surface area (Å²) >= 11 is 0. The number of benzene rings is 1. The van der Waals surface area contributed by atoms with Crippen molar-refractivity contribution in [3.63, 3.8) is 0 Å².